The fourth-order valence-electron chi connectivity index (χ4n) is 6.50. The van der Waals surface area contributed by atoms with E-state index in [4.69, 9.17) is 4.74 Å². The average Bonchev–Trinajstić information content (AvgIpc) is 3.57. The maximum absolute atomic E-state index is 13.8. The molecule has 1 heterocycles. The SMILES string of the molecule is CCC(Sc1cccc(NC(=O)/C(=C\c2ccc(N(C)C)cc2)NC(=O)c2ccccc2)c1)C(=O)Nc1sc2c(c1C(=O)OC)CCC(c1ccccc1)C2. The summed E-state index contributed by atoms with van der Waals surface area (Å²) in [5, 5.41) is 8.82. The van der Waals surface area contributed by atoms with Crippen molar-refractivity contribution < 1.29 is 23.9 Å². The average molecular weight is 773 g/mol. The zero-order valence-electron chi connectivity index (χ0n) is 31.3. The normalized spacial score (nSPS) is 14.3. The summed E-state index contributed by atoms with van der Waals surface area (Å²) in [5.41, 5.74) is 5.41. The van der Waals surface area contributed by atoms with Crippen molar-refractivity contribution in [2.24, 2.45) is 0 Å². The maximum Gasteiger partial charge on any atom is 0.341 e. The van der Waals surface area contributed by atoms with Gasteiger partial charge in [-0.3, -0.25) is 14.4 Å². The number of rotatable bonds is 13. The third kappa shape index (κ3) is 9.72. The van der Waals surface area contributed by atoms with Crippen molar-refractivity contribution >= 4 is 69.2 Å². The lowest BCUT2D eigenvalue weighted by atomic mass is 9.83. The number of carbonyl (C=O) groups is 4. The summed E-state index contributed by atoms with van der Waals surface area (Å²) in [6.45, 7) is 1.94. The number of fused-ring (bicyclic) bond motifs is 1. The number of methoxy groups -OCH3 is 1. The van der Waals surface area contributed by atoms with Crippen LogP contribution in [-0.2, 0) is 27.2 Å². The summed E-state index contributed by atoms with van der Waals surface area (Å²) in [7, 11) is 5.26. The molecule has 282 valence electrons. The molecule has 4 aromatic carbocycles. The fraction of sp³-hybridized carbons (Fsp3) is 0.227. The van der Waals surface area contributed by atoms with Crippen LogP contribution in [0.3, 0.4) is 0 Å². The Morgan fingerprint density at radius 3 is 2.29 bits per heavy atom. The summed E-state index contributed by atoms with van der Waals surface area (Å²) in [4.78, 5) is 57.6. The standard InChI is InChI=1S/C44H44N4O5S2/c1-5-37(42(51)47-43-39(44(52)53-4)35-24-21-31(26-38(35)55-43)29-13-8-6-9-14-29)54-34-18-12-17-32(27-34)45-41(50)36(46-40(49)30-15-10-7-11-16-30)25-28-19-22-33(23-20-28)48(2)3/h6-20,22-23,25,27,31,37H,5,21,24,26H2,1-4H3,(H,45,50)(H,46,49)(H,47,51)/b36-25+. The zero-order chi connectivity index (χ0) is 38.9. The van der Waals surface area contributed by atoms with Gasteiger partial charge in [0.05, 0.1) is 17.9 Å². The van der Waals surface area contributed by atoms with Gasteiger partial charge in [0.25, 0.3) is 11.8 Å². The van der Waals surface area contributed by atoms with E-state index in [0.29, 0.717) is 34.2 Å². The molecule has 2 unspecified atom stereocenters. The minimum atomic E-state index is -0.501. The molecule has 0 saturated carbocycles. The molecule has 1 aliphatic carbocycles. The molecule has 0 fully saturated rings. The Bertz CT molecular complexity index is 2180. The van der Waals surface area contributed by atoms with Crippen LogP contribution in [0, 0.1) is 0 Å². The molecule has 5 aromatic rings. The second kappa shape index (κ2) is 18.1. The molecular formula is C44H44N4O5S2. The van der Waals surface area contributed by atoms with Gasteiger partial charge in [-0.15, -0.1) is 23.1 Å². The summed E-state index contributed by atoms with van der Waals surface area (Å²) < 4.78 is 5.18. The largest absolute Gasteiger partial charge is 0.465 e. The molecular weight excluding hydrogens is 729 g/mol. The van der Waals surface area contributed by atoms with Crippen molar-refractivity contribution in [3.63, 3.8) is 0 Å². The maximum atomic E-state index is 13.8. The second-order valence-corrected chi connectivity index (χ2v) is 15.8. The summed E-state index contributed by atoms with van der Waals surface area (Å²) in [5.74, 6) is -1.24. The number of carbonyl (C=O) groups excluding carboxylic acids is 4. The van der Waals surface area contributed by atoms with Crippen molar-refractivity contribution in [1.82, 2.24) is 5.32 Å². The van der Waals surface area contributed by atoms with Crippen molar-refractivity contribution in [2.45, 2.75) is 48.7 Å². The van der Waals surface area contributed by atoms with Gasteiger partial charge in [0.1, 0.15) is 10.7 Å². The number of esters is 1. The monoisotopic (exact) mass is 772 g/mol. The number of hydrogen-bond donors (Lipinski definition) is 3. The van der Waals surface area contributed by atoms with Crippen LogP contribution in [0.4, 0.5) is 16.4 Å². The van der Waals surface area contributed by atoms with E-state index in [9.17, 15) is 19.2 Å². The lowest BCUT2D eigenvalue weighted by Crippen LogP contribution is -2.30. The van der Waals surface area contributed by atoms with Gasteiger partial charge in [-0.1, -0.05) is 73.7 Å². The number of thioether (sulfide) groups is 1. The lowest BCUT2D eigenvalue weighted by molar-refractivity contribution is -0.116. The van der Waals surface area contributed by atoms with E-state index in [0.717, 1.165) is 45.8 Å². The van der Waals surface area contributed by atoms with Crippen LogP contribution < -0.4 is 20.9 Å². The topological polar surface area (TPSA) is 117 Å². The van der Waals surface area contributed by atoms with Gasteiger partial charge < -0.3 is 25.6 Å². The first-order chi connectivity index (χ1) is 26.6. The Balaban J connectivity index is 1.17. The Kier molecular flexibility index (Phi) is 12.9. The van der Waals surface area contributed by atoms with Crippen LogP contribution in [-0.4, -0.2) is 50.1 Å². The second-order valence-electron chi connectivity index (χ2n) is 13.4. The highest BCUT2D eigenvalue weighted by molar-refractivity contribution is 8.00. The number of hydrogen-bond acceptors (Lipinski definition) is 8. The van der Waals surface area contributed by atoms with E-state index in [1.54, 1.807) is 48.5 Å². The molecule has 1 aliphatic rings. The van der Waals surface area contributed by atoms with Crippen molar-refractivity contribution in [3.05, 3.63) is 148 Å². The van der Waals surface area contributed by atoms with Gasteiger partial charge in [0.2, 0.25) is 5.91 Å². The van der Waals surface area contributed by atoms with Crippen molar-refractivity contribution in [1.29, 1.82) is 0 Å². The Hall–Kier alpha value is -5.65. The van der Waals surface area contributed by atoms with Gasteiger partial charge in [-0.05, 0) is 96.8 Å². The van der Waals surface area contributed by atoms with Gasteiger partial charge in [0, 0.05) is 40.8 Å². The highest BCUT2D eigenvalue weighted by atomic mass is 32.2. The predicted octanol–water partition coefficient (Wildman–Crippen LogP) is 8.79. The van der Waals surface area contributed by atoms with E-state index in [1.807, 2.05) is 80.5 Å². The third-order valence-corrected chi connectivity index (χ3v) is 12.0. The molecule has 3 N–H and O–H groups in total. The molecule has 3 amide bonds. The molecule has 9 nitrogen and oxygen atoms in total. The van der Waals surface area contributed by atoms with Gasteiger partial charge in [-0.2, -0.15) is 0 Å². The van der Waals surface area contributed by atoms with Crippen LogP contribution >= 0.6 is 23.1 Å². The first-order valence-electron chi connectivity index (χ1n) is 18.2. The lowest BCUT2D eigenvalue weighted by Gasteiger charge is -2.22. The van der Waals surface area contributed by atoms with Gasteiger partial charge in [0.15, 0.2) is 0 Å². The zero-order valence-corrected chi connectivity index (χ0v) is 32.9. The Labute approximate surface area is 330 Å². The summed E-state index contributed by atoms with van der Waals surface area (Å²) in [6.07, 6.45) is 4.59. The number of benzene rings is 4. The first kappa shape index (κ1) is 39.1. The minimum Gasteiger partial charge on any atom is -0.465 e. The number of ether oxygens (including phenoxy) is 1. The summed E-state index contributed by atoms with van der Waals surface area (Å²) in [6, 6.07) is 34.0. The molecule has 55 heavy (non-hydrogen) atoms. The van der Waals surface area contributed by atoms with Gasteiger partial charge in [-0.25, -0.2) is 4.79 Å². The van der Waals surface area contributed by atoms with Crippen molar-refractivity contribution in [3.8, 4) is 0 Å². The van der Waals surface area contributed by atoms with Crippen LogP contribution in [0.1, 0.15) is 68.0 Å². The smallest absolute Gasteiger partial charge is 0.341 e. The molecule has 0 bridgehead atoms. The highest BCUT2D eigenvalue weighted by Gasteiger charge is 2.31. The Morgan fingerprint density at radius 1 is 0.909 bits per heavy atom. The number of nitrogens with one attached hydrogen (secondary N) is 3. The third-order valence-electron chi connectivity index (χ3n) is 9.45. The van der Waals surface area contributed by atoms with Crippen molar-refractivity contribution in [2.75, 3.05) is 36.7 Å². The van der Waals surface area contributed by atoms with E-state index in [2.05, 4.69) is 28.1 Å². The highest BCUT2D eigenvalue weighted by Crippen LogP contribution is 2.43. The van der Waals surface area contributed by atoms with Gasteiger partial charge >= 0.3 is 5.97 Å². The molecule has 1 aromatic heterocycles. The van der Waals surface area contributed by atoms with E-state index in [1.165, 1.54) is 35.8 Å². The molecule has 6 rings (SSSR count). The van der Waals surface area contributed by atoms with E-state index < -0.39 is 23.0 Å². The number of amides is 3. The Morgan fingerprint density at radius 2 is 1.62 bits per heavy atom. The number of nitrogens with zero attached hydrogens (tertiary/aromatic N) is 1. The first-order valence-corrected chi connectivity index (χ1v) is 19.8. The summed E-state index contributed by atoms with van der Waals surface area (Å²) >= 11 is 2.83. The predicted molar refractivity (Wildman–Crippen MR) is 223 cm³/mol. The van der Waals surface area contributed by atoms with Crippen LogP contribution in [0.5, 0.6) is 0 Å². The van der Waals surface area contributed by atoms with E-state index >= 15 is 0 Å². The molecule has 0 spiro atoms. The quantitative estimate of drug-likeness (QED) is 0.0623. The molecule has 2 atom stereocenters. The fourth-order valence-corrected chi connectivity index (χ4v) is 8.84. The number of thiophene rings is 1. The van der Waals surface area contributed by atoms with Crippen LogP contribution in [0.25, 0.3) is 6.08 Å². The molecule has 11 heteroatoms. The number of anilines is 3. The van der Waals surface area contributed by atoms with Crippen LogP contribution in [0.2, 0.25) is 0 Å². The van der Waals surface area contributed by atoms with Crippen LogP contribution in [0.15, 0.2) is 120 Å². The molecule has 0 aliphatic heterocycles. The minimum absolute atomic E-state index is 0.0745. The van der Waals surface area contributed by atoms with E-state index in [-0.39, 0.29) is 11.6 Å². The molecule has 0 saturated heterocycles. The molecule has 0 radical (unpaired) electrons.